The molecule has 13 heteroatoms. The number of aryl methyl sites for hydroxylation is 1. The number of hydrogen-bond acceptors (Lipinski definition) is 4. The molecule has 1 rings (SSSR count). The van der Waals surface area contributed by atoms with Gasteiger partial charge in [-0.05, 0) is 56.7 Å². The quantitative estimate of drug-likeness (QED) is 0.203. The summed E-state index contributed by atoms with van der Waals surface area (Å²) in [6, 6.07) is 4.60. The molecule has 0 radical (unpaired) electrons. The molecule has 0 saturated heterocycles. The van der Waals surface area contributed by atoms with Crippen LogP contribution < -0.4 is 5.73 Å². The van der Waals surface area contributed by atoms with Crippen LogP contribution in [0.4, 0.5) is 26.3 Å². The van der Waals surface area contributed by atoms with Crippen LogP contribution in [0.1, 0.15) is 50.2 Å². The number of benzene rings is 1. The molecule has 0 aliphatic rings. The molecule has 0 aliphatic heterocycles. The summed E-state index contributed by atoms with van der Waals surface area (Å²) in [6.45, 7) is 1.05. The molecule has 0 heterocycles. The maximum Gasteiger partial charge on any atom is 0.469 e. The topological polar surface area (TPSA) is 102 Å². The van der Waals surface area contributed by atoms with Crippen molar-refractivity contribution < 1.29 is 50.0 Å². The third-order valence-corrected chi connectivity index (χ3v) is 5.06. The zero-order valence-electron chi connectivity index (χ0n) is 17.5. The van der Waals surface area contributed by atoms with E-state index >= 15 is 0 Å². The molecule has 0 bridgehead atoms. The molecule has 6 nitrogen and oxygen atoms in total. The van der Waals surface area contributed by atoms with E-state index in [2.05, 4.69) is 4.52 Å². The summed E-state index contributed by atoms with van der Waals surface area (Å²) in [5.41, 5.74) is 4.58. The predicted molar refractivity (Wildman–Crippen MR) is 105 cm³/mol. The molecule has 0 fully saturated rings. The first kappa shape index (κ1) is 28.9. The fraction of sp³-hybridized carbons (Fsp3) is 0.684. The van der Waals surface area contributed by atoms with E-state index in [1.165, 1.54) is 19.1 Å². The Bertz CT molecular complexity index is 733. The lowest BCUT2D eigenvalue weighted by Crippen LogP contribution is -2.41. The number of hydrogen-bond donors (Lipinski definition) is 3. The van der Waals surface area contributed by atoms with Gasteiger partial charge in [0.2, 0.25) is 0 Å². The van der Waals surface area contributed by atoms with Crippen LogP contribution >= 0.6 is 7.82 Å². The fourth-order valence-electron chi connectivity index (χ4n) is 2.82. The molecule has 2 unspecified atom stereocenters. The predicted octanol–water partition coefficient (Wildman–Crippen LogP) is 4.97. The molecule has 186 valence electrons. The second kappa shape index (κ2) is 11.8. The molecule has 0 spiro atoms. The second-order valence-corrected chi connectivity index (χ2v) is 9.14. The van der Waals surface area contributed by atoms with Crippen molar-refractivity contribution >= 4 is 7.82 Å². The van der Waals surface area contributed by atoms with Crippen molar-refractivity contribution in [2.45, 2.75) is 69.4 Å². The van der Waals surface area contributed by atoms with E-state index in [1.807, 2.05) is 0 Å². The Labute approximate surface area is 182 Å². The molecule has 0 saturated carbocycles. The number of ether oxygens (including phenoxy) is 1. The van der Waals surface area contributed by atoms with E-state index in [4.69, 9.17) is 20.3 Å². The van der Waals surface area contributed by atoms with Gasteiger partial charge in [0.15, 0.2) is 0 Å². The van der Waals surface area contributed by atoms with Crippen LogP contribution in [0, 0.1) is 0 Å². The van der Waals surface area contributed by atoms with Crippen molar-refractivity contribution in [2.24, 2.45) is 5.73 Å². The van der Waals surface area contributed by atoms with Crippen molar-refractivity contribution in [1.29, 1.82) is 0 Å². The molecule has 0 aromatic heterocycles. The number of rotatable bonds is 13. The van der Waals surface area contributed by atoms with Crippen LogP contribution in [0.15, 0.2) is 24.3 Å². The van der Waals surface area contributed by atoms with E-state index in [9.17, 15) is 30.9 Å². The third kappa shape index (κ3) is 13.4. The van der Waals surface area contributed by atoms with Gasteiger partial charge in [-0.2, -0.15) is 26.3 Å². The van der Waals surface area contributed by atoms with Gasteiger partial charge in [0.05, 0.1) is 18.3 Å². The zero-order valence-corrected chi connectivity index (χ0v) is 18.3. The monoisotopic (exact) mass is 495 g/mol. The highest BCUT2D eigenvalue weighted by Gasteiger charge is 2.31. The van der Waals surface area contributed by atoms with Gasteiger partial charge in [0.25, 0.3) is 0 Å². The summed E-state index contributed by atoms with van der Waals surface area (Å²) >= 11 is 0. The molecule has 32 heavy (non-hydrogen) atoms. The Hall–Kier alpha value is -1.17. The van der Waals surface area contributed by atoms with Gasteiger partial charge in [0, 0.05) is 18.6 Å². The summed E-state index contributed by atoms with van der Waals surface area (Å²) in [5, 5.41) is 0. The van der Waals surface area contributed by atoms with E-state index in [0.29, 0.717) is 18.4 Å². The van der Waals surface area contributed by atoms with Crippen molar-refractivity contribution in [1.82, 2.24) is 0 Å². The number of phosphoric acid groups is 1. The highest BCUT2D eigenvalue weighted by Crippen LogP contribution is 2.37. The maximum absolute atomic E-state index is 12.6. The lowest BCUT2D eigenvalue weighted by atomic mass is 9.95. The minimum absolute atomic E-state index is 0.0871. The van der Waals surface area contributed by atoms with Gasteiger partial charge >= 0.3 is 20.2 Å². The van der Waals surface area contributed by atoms with Crippen LogP contribution in [0.25, 0.3) is 0 Å². The second-order valence-electron chi connectivity index (χ2n) is 7.90. The molecule has 4 N–H and O–H groups in total. The molecule has 2 atom stereocenters. The Morgan fingerprint density at radius 2 is 1.59 bits per heavy atom. The van der Waals surface area contributed by atoms with Crippen molar-refractivity contribution in [3.63, 3.8) is 0 Å². The zero-order chi connectivity index (χ0) is 24.6. The third-order valence-electron chi connectivity index (χ3n) is 4.59. The number of phosphoric ester groups is 1. The summed E-state index contributed by atoms with van der Waals surface area (Å²) in [4.78, 5) is 17.5. The highest BCUT2D eigenvalue weighted by atomic mass is 31.2. The Morgan fingerprint density at radius 1 is 1.03 bits per heavy atom. The van der Waals surface area contributed by atoms with Gasteiger partial charge in [-0.15, -0.1) is 0 Å². The largest absolute Gasteiger partial charge is 0.469 e. The van der Waals surface area contributed by atoms with Crippen LogP contribution in [0.3, 0.4) is 0 Å². The van der Waals surface area contributed by atoms with Crippen LogP contribution in [0.2, 0.25) is 0 Å². The summed E-state index contributed by atoms with van der Waals surface area (Å²) in [7, 11) is -4.73. The number of nitrogens with two attached hydrogens (primary N) is 1. The smallest absolute Gasteiger partial charge is 0.378 e. The molecular weight excluding hydrogens is 467 g/mol. The molecule has 0 aliphatic carbocycles. The lowest BCUT2D eigenvalue weighted by Gasteiger charge is -2.27. The van der Waals surface area contributed by atoms with E-state index in [0.717, 1.165) is 12.1 Å². The minimum Gasteiger partial charge on any atom is -0.378 e. The summed E-state index contributed by atoms with van der Waals surface area (Å²) < 4.78 is 96.3. The summed E-state index contributed by atoms with van der Waals surface area (Å²) in [5.74, 6) is 0. The standard InChI is InChI=1S/C19H28F6NO5P/c1-17(26,13-31-32(27,28)29)10-8-16(9-11-18(20,21)22)30-12-2-3-14-4-6-15(7-5-14)19(23,24)25/h4-7,16H,2-3,8-13,26H2,1H3,(H2,27,28,29). The Kier molecular flexibility index (Phi) is 10.6. The number of alkyl halides is 6. The minimum atomic E-state index is -4.73. The molecule has 1 aromatic rings. The van der Waals surface area contributed by atoms with Gasteiger partial charge in [-0.25, -0.2) is 4.57 Å². The van der Waals surface area contributed by atoms with Crippen LogP contribution in [-0.4, -0.2) is 40.8 Å². The van der Waals surface area contributed by atoms with E-state index in [1.54, 1.807) is 0 Å². The first-order valence-electron chi connectivity index (χ1n) is 9.80. The first-order chi connectivity index (χ1) is 14.5. The van der Waals surface area contributed by atoms with Crippen LogP contribution in [0.5, 0.6) is 0 Å². The number of halogens is 6. The van der Waals surface area contributed by atoms with E-state index in [-0.39, 0.29) is 25.9 Å². The molecule has 1 aromatic carbocycles. The van der Waals surface area contributed by atoms with Crippen LogP contribution in [-0.2, 0) is 26.4 Å². The van der Waals surface area contributed by atoms with E-state index < -0.39 is 50.4 Å². The first-order valence-corrected chi connectivity index (χ1v) is 11.3. The maximum atomic E-state index is 12.6. The average Bonchev–Trinajstić information content (AvgIpc) is 2.63. The summed E-state index contributed by atoms with van der Waals surface area (Å²) in [6.07, 6.45) is -10.0. The van der Waals surface area contributed by atoms with Crippen molar-refractivity contribution in [2.75, 3.05) is 13.2 Å². The Morgan fingerprint density at radius 3 is 2.09 bits per heavy atom. The SMILES string of the molecule is CC(N)(CCC(CCC(F)(F)F)OCCCc1ccc(C(F)(F)F)cc1)COP(=O)(O)O. The molecular formula is C19H28F6NO5P. The normalized spacial score (nSPS) is 16.1. The molecule has 0 amide bonds. The van der Waals surface area contributed by atoms with Crippen molar-refractivity contribution in [3.8, 4) is 0 Å². The van der Waals surface area contributed by atoms with Gasteiger partial charge in [-0.1, -0.05) is 12.1 Å². The van der Waals surface area contributed by atoms with Crippen molar-refractivity contribution in [3.05, 3.63) is 35.4 Å². The highest BCUT2D eigenvalue weighted by molar-refractivity contribution is 7.46. The van der Waals surface area contributed by atoms with Gasteiger partial charge in [-0.3, -0.25) is 4.52 Å². The Balaban J connectivity index is 2.54. The van der Waals surface area contributed by atoms with Gasteiger partial charge in [0.1, 0.15) is 0 Å². The fourth-order valence-corrected chi connectivity index (χ4v) is 3.28. The van der Waals surface area contributed by atoms with Gasteiger partial charge < -0.3 is 20.3 Å². The lowest BCUT2D eigenvalue weighted by molar-refractivity contribution is -0.142. The average molecular weight is 495 g/mol.